The van der Waals surface area contributed by atoms with Crippen LogP contribution in [0.3, 0.4) is 0 Å². The Balaban J connectivity index is 2.17. The molecule has 0 saturated heterocycles. The normalized spacial score (nSPS) is 12.2. The van der Waals surface area contributed by atoms with E-state index < -0.39 is 0 Å². The molecule has 0 bridgehead atoms. The van der Waals surface area contributed by atoms with Gasteiger partial charge in [0, 0.05) is 10.6 Å². The summed E-state index contributed by atoms with van der Waals surface area (Å²) in [7, 11) is 3.38. The smallest absolute Gasteiger partial charge is 0.178 e. The molecule has 8 heteroatoms. The van der Waals surface area contributed by atoms with Crippen LogP contribution in [0.5, 0.6) is 5.75 Å². The predicted molar refractivity (Wildman–Crippen MR) is 97.8 cm³/mol. The third-order valence-corrected chi connectivity index (χ3v) is 4.44. The Morgan fingerprint density at radius 3 is 2.64 bits per heavy atom. The minimum Gasteiger partial charge on any atom is -0.495 e. The van der Waals surface area contributed by atoms with E-state index in [1.165, 1.54) is 0 Å². The molecule has 6 nitrogen and oxygen atoms in total. The highest BCUT2D eigenvalue weighted by Crippen LogP contribution is 2.37. The van der Waals surface area contributed by atoms with E-state index in [4.69, 9.17) is 27.9 Å². The molecular formula is C17H17Cl2N5O. The van der Waals surface area contributed by atoms with E-state index in [9.17, 15) is 0 Å². The quantitative estimate of drug-likeness (QED) is 0.735. The average Bonchev–Trinajstić information content (AvgIpc) is 3.05. The summed E-state index contributed by atoms with van der Waals surface area (Å²) in [6.07, 6.45) is 0. The summed E-state index contributed by atoms with van der Waals surface area (Å²) < 4.78 is 7.17. The molecule has 0 saturated carbocycles. The number of para-hydroxylation sites is 1. The minimum absolute atomic E-state index is 0.360. The Hall–Kier alpha value is -2.15. The summed E-state index contributed by atoms with van der Waals surface area (Å²) in [6.45, 7) is 2.01. The third-order valence-electron chi connectivity index (χ3n) is 3.94. The first kappa shape index (κ1) is 17.7. The number of benzene rings is 2. The number of rotatable bonds is 5. The number of methoxy groups -OCH3 is 1. The van der Waals surface area contributed by atoms with E-state index in [0.717, 1.165) is 16.8 Å². The predicted octanol–water partition coefficient (Wildman–Crippen LogP) is 3.59. The molecule has 1 atom stereocenters. The Bertz CT molecular complexity index is 896. The van der Waals surface area contributed by atoms with Gasteiger partial charge < -0.3 is 10.1 Å². The molecule has 0 aliphatic heterocycles. The van der Waals surface area contributed by atoms with E-state index >= 15 is 0 Å². The molecule has 3 rings (SSSR count). The van der Waals surface area contributed by atoms with Gasteiger partial charge in [-0.15, -0.1) is 5.10 Å². The number of ether oxygens (including phenoxy) is 1. The number of tetrazole rings is 1. The summed E-state index contributed by atoms with van der Waals surface area (Å²) in [6, 6.07) is 11.0. The summed E-state index contributed by atoms with van der Waals surface area (Å²) in [5.41, 5.74) is 2.71. The van der Waals surface area contributed by atoms with Gasteiger partial charge in [0.15, 0.2) is 5.82 Å². The number of hydrogen-bond donors (Lipinski definition) is 1. The highest BCUT2D eigenvalue weighted by molar-refractivity contribution is 6.35. The van der Waals surface area contributed by atoms with Gasteiger partial charge in [-0.25, -0.2) is 0 Å². The van der Waals surface area contributed by atoms with E-state index in [0.29, 0.717) is 21.6 Å². The Morgan fingerprint density at radius 1 is 1.20 bits per heavy atom. The molecule has 0 fully saturated rings. The van der Waals surface area contributed by atoms with Crippen LogP contribution in [0.15, 0.2) is 36.4 Å². The molecule has 0 spiro atoms. The first-order chi connectivity index (χ1) is 12.1. The second-order valence-electron chi connectivity index (χ2n) is 5.47. The Morgan fingerprint density at radius 2 is 1.96 bits per heavy atom. The molecule has 1 unspecified atom stereocenters. The van der Waals surface area contributed by atoms with Crippen molar-refractivity contribution in [3.8, 4) is 11.4 Å². The molecule has 130 valence electrons. The number of hydrogen-bond acceptors (Lipinski definition) is 5. The zero-order chi connectivity index (χ0) is 18.0. The number of nitrogens with one attached hydrogen (secondary N) is 1. The zero-order valence-electron chi connectivity index (χ0n) is 14.0. The zero-order valence-corrected chi connectivity index (χ0v) is 15.5. The summed E-state index contributed by atoms with van der Waals surface area (Å²) in [5.74, 6) is 1.14. The molecule has 25 heavy (non-hydrogen) atoms. The van der Waals surface area contributed by atoms with Crippen LogP contribution in [0, 0.1) is 6.92 Å². The number of halogens is 2. The Labute approximate surface area is 155 Å². The van der Waals surface area contributed by atoms with Crippen LogP contribution >= 0.6 is 23.2 Å². The summed E-state index contributed by atoms with van der Waals surface area (Å²) >= 11 is 12.5. The summed E-state index contributed by atoms with van der Waals surface area (Å²) in [5, 5.41) is 16.4. The standard InChI is InChI=1S/C17H17Cl2N5O/c1-10-6-4-5-7-14(10)24-17(21-22-23-24)15(20-2)12-8-11(18)9-13(19)16(12)25-3/h4-9,15,20H,1-3H3. The number of aromatic nitrogens is 4. The molecule has 1 heterocycles. The van der Waals surface area contributed by atoms with Gasteiger partial charge in [-0.3, -0.25) is 0 Å². The molecule has 0 aliphatic rings. The second kappa shape index (κ2) is 7.39. The van der Waals surface area contributed by atoms with E-state index in [1.54, 1.807) is 23.9 Å². The first-order valence-electron chi connectivity index (χ1n) is 7.61. The van der Waals surface area contributed by atoms with Gasteiger partial charge in [-0.1, -0.05) is 41.4 Å². The van der Waals surface area contributed by atoms with Gasteiger partial charge in [0.1, 0.15) is 5.75 Å². The van der Waals surface area contributed by atoms with Gasteiger partial charge in [-0.2, -0.15) is 4.68 Å². The van der Waals surface area contributed by atoms with Crippen molar-refractivity contribution in [2.24, 2.45) is 0 Å². The molecule has 0 radical (unpaired) electrons. The lowest BCUT2D eigenvalue weighted by molar-refractivity contribution is 0.404. The van der Waals surface area contributed by atoms with Gasteiger partial charge in [0.05, 0.1) is 23.9 Å². The van der Waals surface area contributed by atoms with Crippen LogP contribution in [0.2, 0.25) is 10.0 Å². The first-order valence-corrected chi connectivity index (χ1v) is 8.37. The molecule has 3 aromatic rings. The van der Waals surface area contributed by atoms with Crippen LogP contribution < -0.4 is 10.1 Å². The van der Waals surface area contributed by atoms with Gasteiger partial charge in [0.2, 0.25) is 0 Å². The SMILES string of the molecule is CNC(c1cc(Cl)cc(Cl)c1OC)c1nnnn1-c1ccccc1C. The highest BCUT2D eigenvalue weighted by atomic mass is 35.5. The van der Waals surface area contributed by atoms with Crippen molar-refractivity contribution in [1.29, 1.82) is 0 Å². The fraction of sp³-hybridized carbons (Fsp3) is 0.235. The monoisotopic (exact) mass is 377 g/mol. The average molecular weight is 378 g/mol. The second-order valence-corrected chi connectivity index (χ2v) is 6.31. The summed E-state index contributed by atoms with van der Waals surface area (Å²) in [4.78, 5) is 0. The maximum atomic E-state index is 6.28. The third kappa shape index (κ3) is 3.33. The van der Waals surface area contributed by atoms with Crippen LogP contribution in [0.25, 0.3) is 5.69 Å². The van der Waals surface area contributed by atoms with Gasteiger partial charge >= 0.3 is 0 Å². The minimum atomic E-state index is -0.360. The van der Waals surface area contributed by atoms with Gasteiger partial charge in [-0.05, 0) is 48.2 Å². The number of nitrogens with zero attached hydrogens (tertiary/aromatic N) is 4. The largest absolute Gasteiger partial charge is 0.495 e. The lowest BCUT2D eigenvalue weighted by atomic mass is 10.0. The van der Waals surface area contributed by atoms with Crippen LogP contribution in [0.4, 0.5) is 0 Å². The maximum absolute atomic E-state index is 6.28. The molecule has 1 N–H and O–H groups in total. The Kier molecular flexibility index (Phi) is 5.22. The topological polar surface area (TPSA) is 64.9 Å². The molecule has 0 aliphatic carbocycles. The van der Waals surface area contributed by atoms with E-state index in [1.807, 2.05) is 38.2 Å². The van der Waals surface area contributed by atoms with Crippen molar-refractivity contribution >= 4 is 23.2 Å². The lowest BCUT2D eigenvalue weighted by Gasteiger charge is -2.20. The van der Waals surface area contributed by atoms with Crippen LogP contribution in [-0.2, 0) is 0 Å². The van der Waals surface area contributed by atoms with Crippen molar-refractivity contribution in [1.82, 2.24) is 25.5 Å². The van der Waals surface area contributed by atoms with Crippen molar-refractivity contribution in [2.45, 2.75) is 13.0 Å². The van der Waals surface area contributed by atoms with Crippen molar-refractivity contribution < 1.29 is 4.74 Å². The van der Waals surface area contributed by atoms with Crippen LogP contribution in [0.1, 0.15) is 23.0 Å². The molecular weight excluding hydrogens is 361 g/mol. The van der Waals surface area contributed by atoms with Crippen molar-refractivity contribution in [3.05, 3.63) is 63.4 Å². The molecule has 2 aromatic carbocycles. The molecule has 0 amide bonds. The maximum Gasteiger partial charge on any atom is 0.178 e. The fourth-order valence-electron chi connectivity index (χ4n) is 2.78. The fourth-order valence-corrected chi connectivity index (χ4v) is 3.37. The van der Waals surface area contributed by atoms with E-state index in [-0.39, 0.29) is 6.04 Å². The van der Waals surface area contributed by atoms with Crippen molar-refractivity contribution in [3.63, 3.8) is 0 Å². The lowest BCUT2D eigenvalue weighted by Crippen LogP contribution is -2.23. The molecule has 1 aromatic heterocycles. The number of aryl methyl sites for hydroxylation is 1. The highest BCUT2D eigenvalue weighted by Gasteiger charge is 2.26. The van der Waals surface area contributed by atoms with E-state index in [2.05, 4.69) is 20.8 Å². The van der Waals surface area contributed by atoms with Crippen molar-refractivity contribution in [2.75, 3.05) is 14.2 Å². The van der Waals surface area contributed by atoms with Crippen LogP contribution in [-0.4, -0.2) is 34.4 Å². The van der Waals surface area contributed by atoms with Gasteiger partial charge in [0.25, 0.3) is 0 Å².